The molecule has 0 aromatic carbocycles. The number of carbonyl (C=O) groups is 2. The summed E-state index contributed by atoms with van der Waals surface area (Å²) in [7, 11) is 1.55. The molecule has 0 radical (unpaired) electrons. The van der Waals surface area contributed by atoms with E-state index in [0.29, 0.717) is 23.6 Å². The Hall–Kier alpha value is -2.90. The SMILES string of the molecule is C=CCn1cc(C2CC(=O)Nc3n[nH]c(C(=O)NC)c32)c(C)n1. The van der Waals surface area contributed by atoms with E-state index in [-0.39, 0.29) is 24.2 Å². The summed E-state index contributed by atoms with van der Waals surface area (Å²) in [6, 6.07) is 0. The Kier molecular flexibility index (Phi) is 3.73. The van der Waals surface area contributed by atoms with Crippen LogP contribution in [0.2, 0.25) is 0 Å². The molecule has 0 saturated heterocycles. The molecule has 0 spiro atoms. The van der Waals surface area contributed by atoms with Crippen molar-refractivity contribution in [3.05, 3.63) is 41.4 Å². The van der Waals surface area contributed by atoms with Gasteiger partial charge in [0.1, 0.15) is 5.69 Å². The topological polar surface area (TPSA) is 105 Å². The van der Waals surface area contributed by atoms with E-state index in [1.807, 2.05) is 13.1 Å². The number of aryl methyl sites for hydroxylation is 1. The normalized spacial score (nSPS) is 16.6. The number of anilines is 1. The Bertz CT molecular complexity index is 788. The average molecular weight is 314 g/mol. The number of amides is 2. The molecule has 1 unspecified atom stereocenters. The Balaban J connectivity index is 2.11. The van der Waals surface area contributed by atoms with Gasteiger partial charge < -0.3 is 10.6 Å². The number of H-pyrrole nitrogens is 1. The fourth-order valence-electron chi connectivity index (χ4n) is 2.92. The van der Waals surface area contributed by atoms with Gasteiger partial charge in [0.25, 0.3) is 5.91 Å². The van der Waals surface area contributed by atoms with Gasteiger partial charge in [0.15, 0.2) is 5.82 Å². The molecule has 3 N–H and O–H groups in total. The lowest BCUT2D eigenvalue weighted by Gasteiger charge is -2.22. The van der Waals surface area contributed by atoms with E-state index in [1.54, 1.807) is 17.8 Å². The lowest BCUT2D eigenvalue weighted by Crippen LogP contribution is -2.26. The largest absolute Gasteiger partial charge is 0.354 e. The van der Waals surface area contributed by atoms with Gasteiger partial charge in [-0.25, -0.2) is 0 Å². The molecule has 3 heterocycles. The minimum Gasteiger partial charge on any atom is -0.354 e. The van der Waals surface area contributed by atoms with Crippen molar-refractivity contribution in [3.63, 3.8) is 0 Å². The third-order valence-electron chi connectivity index (χ3n) is 3.93. The van der Waals surface area contributed by atoms with Gasteiger partial charge >= 0.3 is 0 Å². The second-order valence-corrected chi connectivity index (χ2v) is 5.43. The minimum atomic E-state index is -0.268. The Morgan fingerprint density at radius 3 is 3.09 bits per heavy atom. The van der Waals surface area contributed by atoms with Crippen LogP contribution in [0.1, 0.15) is 39.6 Å². The Morgan fingerprint density at radius 1 is 1.61 bits per heavy atom. The molecule has 2 aromatic rings. The minimum absolute atomic E-state index is 0.131. The standard InChI is InChI=1S/C15H18N6O2/c1-4-5-21-7-10(8(2)20-21)9-6-11(22)17-14-12(9)13(18-19-14)15(23)16-3/h4,7,9H,1,5-6H2,2-3H3,(H,16,23)(H2,17,18,19,22). The molecular formula is C15H18N6O2. The number of allylic oxidation sites excluding steroid dienone is 1. The first kappa shape index (κ1) is 15.0. The van der Waals surface area contributed by atoms with Gasteiger partial charge in [-0.05, 0) is 6.92 Å². The van der Waals surface area contributed by atoms with Crippen molar-refractivity contribution in [1.82, 2.24) is 25.3 Å². The fourth-order valence-corrected chi connectivity index (χ4v) is 2.92. The molecule has 3 rings (SSSR count). The summed E-state index contributed by atoms with van der Waals surface area (Å²) >= 11 is 0. The molecular weight excluding hydrogens is 296 g/mol. The van der Waals surface area contributed by atoms with Gasteiger partial charge in [0, 0.05) is 36.7 Å². The molecule has 0 saturated carbocycles. The maximum Gasteiger partial charge on any atom is 0.269 e. The number of hydrogen-bond acceptors (Lipinski definition) is 4. The van der Waals surface area contributed by atoms with Crippen molar-refractivity contribution in [1.29, 1.82) is 0 Å². The molecule has 120 valence electrons. The van der Waals surface area contributed by atoms with Gasteiger partial charge in [0.2, 0.25) is 5.91 Å². The Labute approximate surface area is 133 Å². The fraction of sp³-hybridized carbons (Fsp3) is 0.333. The van der Waals surface area contributed by atoms with Crippen LogP contribution in [0.15, 0.2) is 18.9 Å². The molecule has 1 atom stereocenters. The van der Waals surface area contributed by atoms with Crippen molar-refractivity contribution in [3.8, 4) is 0 Å². The predicted molar refractivity (Wildman–Crippen MR) is 84.2 cm³/mol. The maximum atomic E-state index is 12.1. The highest BCUT2D eigenvalue weighted by Gasteiger charge is 2.35. The van der Waals surface area contributed by atoms with Crippen LogP contribution in [0.4, 0.5) is 5.82 Å². The van der Waals surface area contributed by atoms with E-state index >= 15 is 0 Å². The highest BCUT2D eigenvalue weighted by Crippen LogP contribution is 2.39. The van der Waals surface area contributed by atoms with Crippen LogP contribution in [-0.2, 0) is 11.3 Å². The van der Waals surface area contributed by atoms with E-state index < -0.39 is 0 Å². The summed E-state index contributed by atoms with van der Waals surface area (Å²) in [6.07, 6.45) is 3.89. The molecule has 1 aliphatic heterocycles. The third-order valence-corrected chi connectivity index (χ3v) is 3.93. The number of nitrogens with zero attached hydrogens (tertiary/aromatic N) is 3. The van der Waals surface area contributed by atoms with Gasteiger partial charge in [-0.15, -0.1) is 6.58 Å². The summed E-state index contributed by atoms with van der Waals surface area (Å²) < 4.78 is 1.77. The lowest BCUT2D eigenvalue weighted by atomic mass is 9.86. The summed E-state index contributed by atoms with van der Waals surface area (Å²) in [5.41, 5.74) is 2.80. The molecule has 0 fully saturated rings. The van der Waals surface area contributed by atoms with E-state index in [4.69, 9.17) is 0 Å². The zero-order valence-corrected chi connectivity index (χ0v) is 13.0. The first-order valence-corrected chi connectivity index (χ1v) is 7.30. The number of hydrogen-bond donors (Lipinski definition) is 3. The van der Waals surface area contributed by atoms with E-state index in [2.05, 4.69) is 32.5 Å². The number of carbonyl (C=O) groups excluding carboxylic acids is 2. The highest BCUT2D eigenvalue weighted by molar-refractivity contribution is 6.00. The maximum absolute atomic E-state index is 12.1. The average Bonchev–Trinajstić information content (AvgIpc) is 3.09. The zero-order chi connectivity index (χ0) is 16.6. The summed E-state index contributed by atoms with van der Waals surface area (Å²) in [5.74, 6) is -0.256. The van der Waals surface area contributed by atoms with Crippen LogP contribution in [0.25, 0.3) is 0 Å². The molecule has 0 aliphatic carbocycles. The van der Waals surface area contributed by atoms with Crippen LogP contribution in [0.5, 0.6) is 0 Å². The third kappa shape index (κ3) is 2.52. The Morgan fingerprint density at radius 2 is 2.39 bits per heavy atom. The first-order valence-electron chi connectivity index (χ1n) is 7.30. The predicted octanol–water partition coefficient (Wildman–Crippen LogP) is 0.934. The molecule has 2 aromatic heterocycles. The van der Waals surface area contributed by atoms with Gasteiger partial charge in [-0.3, -0.25) is 19.4 Å². The molecule has 8 heteroatoms. The van der Waals surface area contributed by atoms with Crippen LogP contribution < -0.4 is 10.6 Å². The quantitative estimate of drug-likeness (QED) is 0.730. The van der Waals surface area contributed by atoms with Crippen molar-refractivity contribution in [2.75, 3.05) is 12.4 Å². The monoisotopic (exact) mass is 314 g/mol. The van der Waals surface area contributed by atoms with Crippen molar-refractivity contribution in [2.45, 2.75) is 25.8 Å². The zero-order valence-electron chi connectivity index (χ0n) is 13.0. The first-order chi connectivity index (χ1) is 11.0. The van der Waals surface area contributed by atoms with Crippen LogP contribution in [0, 0.1) is 6.92 Å². The van der Waals surface area contributed by atoms with Crippen molar-refractivity contribution >= 4 is 17.6 Å². The number of rotatable bonds is 4. The van der Waals surface area contributed by atoms with E-state index in [1.165, 1.54) is 0 Å². The summed E-state index contributed by atoms with van der Waals surface area (Å²) in [4.78, 5) is 24.1. The van der Waals surface area contributed by atoms with Crippen molar-refractivity contribution < 1.29 is 9.59 Å². The molecule has 2 amide bonds. The molecule has 8 nitrogen and oxygen atoms in total. The number of aromatic amines is 1. The highest BCUT2D eigenvalue weighted by atomic mass is 16.2. The second kappa shape index (κ2) is 5.71. The number of nitrogens with one attached hydrogen (secondary N) is 3. The van der Waals surface area contributed by atoms with Gasteiger partial charge in [-0.2, -0.15) is 10.2 Å². The van der Waals surface area contributed by atoms with Crippen LogP contribution in [-0.4, -0.2) is 38.8 Å². The van der Waals surface area contributed by atoms with Gasteiger partial charge in [0.05, 0.1) is 12.2 Å². The molecule has 0 bridgehead atoms. The molecule has 23 heavy (non-hydrogen) atoms. The van der Waals surface area contributed by atoms with Crippen LogP contribution >= 0.6 is 0 Å². The number of aromatic nitrogens is 4. The van der Waals surface area contributed by atoms with Gasteiger partial charge in [-0.1, -0.05) is 6.08 Å². The van der Waals surface area contributed by atoms with Crippen LogP contribution in [0.3, 0.4) is 0 Å². The summed E-state index contributed by atoms with van der Waals surface area (Å²) in [6.45, 7) is 6.18. The van der Waals surface area contributed by atoms with Crippen molar-refractivity contribution in [2.24, 2.45) is 0 Å². The van der Waals surface area contributed by atoms with E-state index in [0.717, 1.165) is 11.3 Å². The second-order valence-electron chi connectivity index (χ2n) is 5.43. The summed E-state index contributed by atoms with van der Waals surface area (Å²) in [5, 5.41) is 16.5. The molecule has 1 aliphatic rings. The van der Waals surface area contributed by atoms with E-state index in [9.17, 15) is 9.59 Å². The lowest BCUT2D eigenvalue weighted by molar-refractivity contribution is -0.116. The number of fused-ring (bicyclic) bond motifs is 1. The smallest absolute Gasteiger partial charge is 0.269 e.